The maximum atomic E-state index is 7.30. The van der Waals surface area contributed by atoms with Crippen LogP contribution in [0.3, 0.4) is 0 Å². The average molecular weight is 262 g/mol. The van der Waals surface area contributed by atoms with E-state index in [9.17, 15) is 0 Å². The number of anilines is 1. The van der Waals surface area contributed by atoms with E-state index in [1.807, 2.05) is 0 Å². The first-order valence-electron chi connectivity index (χ1n) is 3.27. The topological polar surface area (TPSA) is 86.1 Å². The summed E-state index contributed by atoms with van der Waals surface area (Å²) >= 11 is 8.93. The molecule has 0 aliphatic heterocycles. The van der Waals surface area contributed by atoms with Crippen molar-refractivity contribution in [3.63, 3.8) is 0 Å². The number of halogens is 2. The fourth-order valence-electron chi connectivity index (χ4n) is 0.807. The van der Waals surface area contributed by atoms with Crippen LogP contribution in [-0.4, -0.2) is 5.84 Å². The number of nitrogens with two attached hydrogens (primary N) is 1. The van der Waals surface area contributed by atoms with Crippen LogP contribution in [0, 0.1) is 10.9 Å². The Morgan fingerprint density at radius 3 is 2.69 bits per heavy atom. The smallest absolute Gasteiger partial charge is 0.174 e. The van der Waals surface area contributed by atoms with Crippen molar-refractivity contribution in [1.29, 1.82) is 10.9 Å². The molecule has 0 aromatic heterocycles. The summed E-state index contributed by atoms with van der Waals surface area (Å²) in [6, 6.07) is 3.08. The lowest BCUT2D eigenvalue weighted by atomic mass is 10.2. The van der Waals surface area contributed by atoms with Crippen molar-refractivity contribution in [2.75, 3.05) is 5.73 Å². The zero-order valence-electron chi connectivity index (χ0n) is 6.44. The zero-order chi connectivity index (χ0) is 10.0. The molecule has 0 aliphatic rings. The van der Waals surface area contributed by atoms with E-state index < -0.39 is 0 Å². The summed E-state index contributed by atoms with van der Waals surface area (Å²) in [7, 11) is 0. The molecule has 0 spiro atoms. The van der Waals surface area contributed by atoms with Crippen LogP contribution in [-0.2, 0) is 0 Å². The van der Waals surface area contributed by atoms with E-state index in [1.54, 1.807) is 6.07 Å². The number of benzene rings is 1. The van der Waals surface area contributed by atoms with Gasteiger partial charge in [-0.3, -0.25) is 5.41 Å². The predicted molar refractivity (Wildman–Crippen MR) is 55.5 cm³/mol. The van der Waals surface area contributed by atoms with E-state index in [1.165, 1.54) is 6.07 Å². The highest BCUT2D eigenvalue weighted by Gasteiger charge is 2.08. The van der Waals surface area contributed by atoms with Gasteiger partial charge in [-0.05, 0) is 28.1 Å². The molecule has 0 saturated heterocycles. The van der Waals surface area contributed by atoms with Gasteiger partial charge in [0.15, 0.2) is 5.84 Å². The molecule has 0 amide bonds. The molecule has 1 aromatic carbocycles. The van der Waals surface area contributed by atoms with E-state index in [2.05, 4.69) is 21.0 Å². The zero-order valence-corrected chi connectivity index (χ0v) is 8.78. The monoisotopic (exact) mass is 260 g/mol. The van der Waals surface area contributed by atoms with Crippen LogP contribution in [0.15, 0.2) is 21.7 Å². The van der Waals surface area contributed by atoms with Crippen molar-refractivity contribution >= 4 is 39.1 Å². The van der Waals surface area contributed by atoms with Crippen molar-refractivity contribution in [3.05, 3.63) is 27.2 Å². The van der Waals surface area contributed by atoms with Crippen LogP contribution in [0.1, 0.15) is 5.56 Å². The van der Waals surface area contributed by atoms with Crippen LogP contribution in [0.4, 0.5) is 5.69 Å². The Balaban J connectivity index is 3.31. The minimum Gasteiger partial charge on any atom is -0.398 e. The van der Waals surface area contributed by atoms with Gasteiger partial charge in [0, 0.05) is 10.0 Å². The number of amidine groups is 1. The van der Waals surface area contributed by atoms with Gasteiger partial charge in [0.05, 0.1) is 10.7 Å². The first-order valence-corrected chi connectivity index (χ1v) is 4.44. The standard InChI is InChI=1S/C7H6BrClN4/c8-4-2-5(9)6(10)1-3(4)7(11)13-12/h1-2,11-12H,10H2. The molecular weight excluding hydrogens is 255 g/mol. The van der Waals surface area contributed by atoms with Crippen molar-refractivity contribution in [2.45, 2.75) is 0 Å². The Morgan fingerprint density at radius 2 is 2.15 bits per heavy atom. The fourth-order valence-corrected chi connectivity index (χ4v) is 1.63. The predicted octanol–water partition coefficient (Wildman–Crippen LogP) is 3.04. The number of nitrogens with zero attached hydrogens (tertiary/aromatic N) is 1. The summed E-state index contributed by atoms with van der Waals surface area (Å²) in [6.07, 6.45) is 0. The van der Waals surface area contributed by atoms with Crippen LogP contribution in [0.2, 0.25) is 5.02 Å². The number of hydrogen-bond donors (Lipinski definition) is 3. The van der Waals surface area contributed by atoms with Crippen molar-refractivity contribution in [3.8, 4) is 0 Å². The molecule has 1 rings (SSSR count). The molecule has 0 atom stereocenters. The maximum absolute atomic E-state index is 7.30. The van der Waals surface area contributed by atoms with Gasteiger partial charge in [0.1, 0.15) is 0 Å². The summed E-state index contributed by atoms with van der Waals surface area (Å²) in [5.74, 6) is -0.157. The lowest BCUT2D eigenvalue weighted by Gasteiger charge is -2.04. The Kier molecular flexibility index (Phi) is 3.00. The molecule has 4 N–H and O–H groups in total. The van der Waals surface area contributed by atoms with Gasteiger partial charge in [-0.2, -0.15) is 0 Å². The Labute approximate surface area is 88.2 Å². The van der Waals surface area contributed by atoms with Gasteiger partial charge >= 0.3 is 0 Å². The first kappa shape index (κ1) is 10.1. The van der Waals surface area contributed by atoms with E-state index in [0.717, 1.165) is 0 Å². The molecule has 68 valence electrons. The second kappa shape index (κ2) is 3.85. The van der Waals surface area contributed by atoms with E-state index in [-0.39, 0.29) is 5.84 Å². The van der Waals surface area contributed by atoms with E-state index in [4.69, 9.17) is 28.3 Å². The molecule has 0 heterocycles. The van der Waals surface area contributed by atoms with E-state index >= 15 is 0 Å². The Bertz CT molecular complexity index is 377. The van der Waals surface area contributed by atoms with Crippen molar-refractivity contribution < 1.29 is 0 Å². The lowest BCUT2D eigenvalue weighted by molar-refractivity contribution is 1.16. The van der Waals surface area contributed by atoms with Crippen LogP contribution < -0.4 is 5.73 Å². The number of nitrogens with one attached hydrogen (secondary N) is 2. The summed E-state index contributed by atoms with van der Waals surface area (Å²) in [4.78, 5) is 0. The van der Waals surface area contributed by atoms with Gasteiger partial charge in [-0.15, -0.1) is 5.11 Å². The van der Waals surface area contributed by atoms with E-state index in [0.29, 0.717) is 20.7 Å². The summed E-state index contributed by atoms with van der Waals surface area (Å²) in [5, 5.41) is 10.7. The average Bonchev–Trinajstić information content (AvgIpc) is 2.10. The number of nitrogen functional groups attached to an aromatic ring is 1. The molecule has 0 fully saturated rings. The maximum Gasteiger partial charge on any atom is 0.174 e. The first-order chi connectivity index (χ1) is 6.06. The highest BCUT2D eigenvalue weighted by molar-refractivity contribution is 9.10. The highest BCUT2D eigenvalue weighted by atomic mass is 79.9. The number of hydrogen-bond acceptors (Lipinski definition) is 3. The Hall–Kier alpha value is -0.940. The second-order valence-corrected chi connectivity index (χ2v) is 3.58. The third-order valence-corrected chi connectivity index (χ3v) is 2.44. The molecule has 6 heteroatoms. The molecule has 0 bridgehead atoms. The Morgan fingerprint density at radius 1 is 1.54 bits per heavy atom. The quantitative estimate of drug-likeness (QED) is 0.308. The van der Waals surface area contributed by atoms with Gasteiger partial charge in [-0.1, -0.05) is 11.6 Å². The number of rotatable bonds is 1. The molecule has 1 aromatic rings. The fraction of sp³-hybridized carbons (Fsp3) is 0. The largest absolute Gasteiger partial charge is 0.398 e. The minimum atomic E-state index is -0.157. The van der Waals surface area contributed by atoms with Crippen molar-refractivity contribution in [2.24, 2.45) is 5.11 Å². The second-order valence-electron chi connectivity index (χ2n) is 2.31. The molecule has 13 heavy (non-hydrogen) atoms. The summed E-state index contributed by atoms with van der Waals surface area (Å²) in [5.41, 5.74) is 13.0. The minimum absolute atomic E-state index is 0.157. The van der Waals surface area contributed by atoms with Gasteiger partial charge in [0.25, 0.3) is 0 Å². The molecular formula is C7H6BrClN4. The molecule has 0 aliphatic carbocycles. The molecule has 4 nitrogen and oxygen atoms in total. The third-order valence-electron chi connectivity index (χ3n) is 1.45. The van der Waals surface area contributed by atoms with Crippen LogP contribution >= 0.6 is 27.5 Å². The normalized spacial score (nSPS) is 9.69. The van der Waals surface area contributed by atoms with Gasteiger partial charge in [0.2, 0.25) is 0 Å². The molecule has 0 unspecified atom stereocenters. The van der Waals surface area contributed by atoms with Gasteiger partial charge in [-0.25, -0.2) is 5.53 Å². The third kappa shape index (κ3) is 2.05. The van der Waals surface area contributed by atoms with Crippen molar-refractivity contribution in [1.82, 2.24) is 0 Å². The van der Waals surface area contributed by atoms with Crippen LogP contribution in [0.5, 0.6) is 0 Å². The summed E-state index contributed by atoms with van der Waals surface area (Å²) < 4.78 is 0.604. The summed E-state index contributed by atoms with van der Waals surface area (Å²) in [6.45, 7) is 0. The molecule has 0 radical (unpaired) electrons. The molecule has 0 saturated carbocycles. The SMILES string of the molecule is N=NC(=N)c1cc(N)c(Cl)cc1Br. The lowest BCUT2D eigenvalue weighted by Crippen LogP contribution is -1.98. The van der Waals surface area contributed by atoms with Gasteiger partial charge < -0.3 is 5.73 Å². The van der Waals surface area contributed by atoms with Crippen LogP contribution in [0.25, 0.3) is 0 Å². The highest BCUT2D eigenvalue weighted by Crippen LogP contribution is 2.27.